The molecule has 0 radical (unpaired) electrons. The van der Waals surface area contributed by atoms with Gasteiger partial charge in [-0.3, -0.25) is 9.59 Å². The van der Waals surface area contributed by atoms with Gasteiger partial charge in [-0.25, -0.2) is 8.42 Å². The van der Waals surface area contributed by atoms with Crippen molar-refractivity contribution in [3.8, 4) is 0 Å². The number of hydrogen-bond acceptors (Lipinski definition) is 5. The van der Waals surface area contributed by atoms with Gasteiger partial charge in [0.15, 0.2) is 5.78 Å². The van der Waals surface area contributed by atoms with E-state index in [1.807, 2.05) is 13.0 Å². The van der Waals surface area contributed by atoms with Gasteiger partial charge in [0.25, 0.3) is 0 Å². The maximum absolute atomic E-state index is 13.5. The molecule has 0 bridgehead atoms. The quantitative estimate of drug-likeness (QED) is 0.496. The van der Waals surface area contributed by atoms with Crippen LogP contribution in [0, 0.1) is 12.8 Å². The number of carbonyl (C=O) groups excluding carboxylic acids is 2. The van der Waals surface area contributed by atoms with Crippen LogP contribution in [0.25, 0.3) is 0 Å². The summed E-state index contributed by atoms with van der Waals surface area (Å²) >= 11 is 0. The molecule has 2 aromatic carbocycles. The molecule has 1 saturated heterocycles. The largest absolute Gasteiger partial charge is 0.466 e. The molecule has 1 fully saturated rings. The van der Waals surface area contributed by atoms with E-state index in [9.17, 15) is 18.0 Å². The van der Waals surface area contributed by atoms with Crippen molar-refractivity contribution in [1.82, 2.24) is 4.31 Å². The van der Waals surface area contributed by atoms with E-state index in [1.54, 1.807) is 62.4 Å². The smallest absolute Gasteiger partial charge is 0.307 e. The molecule has 1 aliphatic rings. The van der Waals surface area contributed by atoms with Gasteiger partial charge in [0.1, 0.15) is 0 Å². The van der Waals surface area contributed by atoms with Crippen LogP contribution in [-0.4, -0.2) is 43.2 Å². The highest BCUT2D eigenvalue weighted by atomic mass is 32.2. The third-order valence-electron chi connectivity index (χ3n) is 5.49. The third-order valence-corrected chi connectivity index (χ3v) is 7.55. The minimum absolute atomic E-state index is 0.154. The Kier molecular flexibility index (Phi) is 6.73. The van der Waals surface area contributed by atoms with Gasteiger partial charge in [0, 0.05) is 23.6 Å². The molecule has 0 aromatic heterocycles. The Morgan fingerprint density at radius 3 is 2.30 bits per heavy atom. The van der Waals surface area contributed by atoms with Crippen LogP contribution < -0.4 is 0 Å². The summed E-state index contributed by atoms with van der Waals surface area (Å²) in [5.41, 5.74) is 1.46. The van der Waals surface area contributed by atoms with Crippen molar-refractivity contribution in [3.63, 3.8) is 0 Å². The molecule has 0 spiro atoms. The molecular weight excluding hydrogens is 402 g/mol. The van der Waals surface area contributed by atoms with Gasteiger partial charge in [0.05, 0.1) is 17.9 Å². The average molecular weight is 430 g/mol. The number of Topliss-reactive ketones (excluding diaryl/α,β-unsaturated/α-hetero) is 1. The molecule has 3 rings (SSSR count). The first-order valence-corrected chi connectivity index (χ1v) is 11.5. The van der Waals surface area contributed by atoms with Crippen molar-refractivity contribution >= 4 is 21.8 Å². The van der Waals surface area contributed by atoms with Gasteiger partial charge in [-0.2, -0.15) is 4.31 Å². The number of nitrogens with zero attached hydrogens (tertiary/aromatic N) is 1. The summed E-state index contributed by atoms with van der Waals surface area (Å²) in [7, 11) is -3.89. The fourth-order valence-corrected chi connectivity index (χ4v) is 5.96. The normalized spacial score (nSPS) is 22.0. The van der Waals surface area contributed by atoms with E-state index in [-0.39, 0.29) is 23.7 Å². The summed E-state index contributed by atoms with van der Waals surface area (Å²) < 4.78 is 33.4. The van der Waals surface area contributed by atoms with Gasteiger partial charge in [0.2, 0.25) is 10.0 Å². The van der Waals surface area contributed by atoms with E-state index in [2.05, 4.69) is 0 Å². The number of esters is 1. The SMILES string of the molecule is CCOC(=O)C[C@H]1[C@H](C(=O)c2ccccc2)C[C@H](C)N1S(=O)(=O)c1ccc(C)cc1. The molecule has 3 atom stereocenters. The molecule has 6 nitrogen and oxygen atoms in total. The van der Waals surface area contributed by atoms with Crippen LogP contribution in [0.15, 0.2) is 59.5 Å². The van der Waals surface area contributed by atoms with Crippen molar-refractivity contribution in [2.75, 3.05) is 6.61 Å². The Hall–Kier alpha value is -2.51. The molecule has 1 aliphatic heterocycles. The summed E-state index contributed by atoms with van der Waals surface area (Å²) in [5, 5.41) is 0. The molecule has 30 heavy (non-hydrogen) atoms. The molecule has 0 aliphatic carbocycles. The zero-order valence-electron chi connectivity index (χ0n) is 17.4. The molecule has 0 N–H and O–H groups in total. The lowest BCUT2D eigenvalue weighted by Gasteiger charge is -2.29. The van der Waals surface area contributed by atoms with Crippen LogP contribution >= 0.6 is 0 Å². The highest BCUT2D eigenvalue weighted by molar-refractivity contribution is 7.89. The van der Waals surface area contributed by atoms with Crippen LogP contribution in [0.4, 0.5) is 0 Å². The second-order valence-electron chi connectivity index (χ2n) is 7.65. The predicted octanol–water partition coefficient (Wildman–Crippen LogP) is 3.60. The third kappa shape index (κ3) is 4.47. The first-order chi connectivity index (χ1) is 14.3. The van der Waals surface area contributed by atoms with Crippen LogP contribution in [0.5, 0.6) is 0 Å². The highest BCUT2D eigenvalue weighted by Gasteiger charge is 2.49. The van der Waals surface area contributed by atoms with E-state index in [0.29, 0.717) is 12.0 Å². The Morgan fingerprint density at radius 1 is 1.07 bits per heavy atom. The van der Waals surface area contributed by atoms with Crippen molar-refractivity contribution < 1.29 is 22.7 Å². The Morgan fingerprint density at radius 2 is 1.70 bits per heavy atom. The molecule has 7 heteroatoms. The molecule has 1 heterocycles. The second kappa shape index (κ2) is 9.10. The summed E-state index contributed by atoms with van der Waals surface area (Å²) in [6.45, 7) is 5.56. The fourth-order valence-electron chi connectivity index (χ4n) is 4.10. The maximum atomic E-state index is 13.5. The molecular formula is C23H27NO5S. The van der Waals surface area contributed by atoms with Crippen LogP contribution in [-0.2, 0) is 19.6 Å². The molecule has 0 saturated carbocycles. The number of benzene rings is 2. The number of rotatable bonds is 7. The van der Waals surface area contributed by atoms with E-state index in [0.717, 1.165) is 5.56 Å². The number of sulfonamides is 1. The van der Waals surface area contributed by atoms with E-state index in [1.165, 1.54) is 4.31 Å². The van der Waals surface area contributed by atoms with Gasteiger partial charge in [-0.1, -0.05) is 48.0 Å². The Labute approximate surface area is 177 Å². The second-order valence-corrected chi connectivity index (χ2v) is 9.49. The molecule has 0 unspecified atom stereocenters. The zero-order chi connectivity index (χ0) is 21.9. The lowest BCUT2D eigenvalue weighted by molar-refractivity contribution is -0.144. The van der Waals surface area contributed by atoms with E-state index < -0.39 is 34.0 Å². The summed E-state index contributed by atoms with van der Waals surface area (Å²) in [5.74, 6) is -1.28. The van der Waals surface area contributed by atoms with Crippen LogP contribution in [0.2, 0.25) is 0 Å². The summed E-state index contributed by atoms with van der Waals surface area (Å²) in [6, 6.07) is 14.2. The van der Waals surface area contributed by atoms with Gasteiger partial charge in [-0.05, 0) is 39.3 Å². The minimum Gasteiger partial charge on any atom is -0.466 e. The van der Waals surface area contributed by atoms with Crippen molar-refractivity contribution in [3.05, 3.63) is 65.7 Å². The number of hydrogen-bond donors (Lipinski definition) is 0. The molecule has 2 aromatic rings. The number of ether oxygens (including phenoxy) is 1. The highest BCUT2D eigenvalue weighted by Crippen LogP contribution is 2.38. The van der Waals surface area contributed by atoms with E-state index in [4.69, 9.17) is 4.74 Å². The van der Waals surface area contributed by atoms with Crippen molar-refractivity contribution in [2.24, 2.45) is 5.92 Å². The van der Waals surface area contributed by atoms with Crippen LogP contribution in [0.3, 0.4) is 0 Å². The van der Waals surface area contributed by atoms with Gasteiger partial charge >= 0.3 is 5.97 Å². The maximum Gasteiger partial charge on any atom is 0.307 e. The average Bonchev–Trinajstić information content (AvgIpc) is 3.05. The monoisotopic (exact) mass is 429 g/mol. The van der Waals surface area contributed by atoms with Gasteiger partial charge < -0.3 is 4.74 Å². The standard InChI is InChI=1S/C23H27NO5S/c1-4-29-22(25)15-21-20(23(26)18-8-6-5-7-9-18)14-17(3)24(21)30(27,28)19-12-10-16(2)11-13-19/h5-13,17,20-21H,4,14-15H2,1-3H3/t17-,20+,21-/m0/s1. The number of aryl methyl sites for hydroxylation is 1. The fraction of sp³-hybridized carbons (Fsp3) is 0.391. The zero-order valence-corrected chi connectivity index (χ0v) is 18.3. The molecule has 0 amide bonds. The minimum atomic E-state index is -3.89. The van der Waals surface area contributed by atoms with Gasteiger partial charge in [-0.15, -0.1) is 0 Å². The predicted molar refractivity (Wildman–Crippen MR) is 114 cm³/mol. The lowest BCUT2D eigenvalue weighted by atomic mass is 9.89. The molecule has 160 valence electrons. The van der Waals surface area contributed by atoms with Crippen LogP contribution in [0.1, 0.15) is 42.6 Å². The lowest BCUT2D eigenvalue weighted by Crippen LogP contribution is -2.43. The topological polar surface area (TPSA) is 80.8 Å². The summed E-state index contributed by atoms with van der Waals surface area (Å²) in [6.07, 6.45) is 0.190. The van der Waals surface area contributed by atoms with Crippen molar-refractivity contribution in [2.45, 2.75) is 50.6 Å². The Balaban J connectivity index is 2.00. The van der Waals surface area contributed by atoms with E-state index >= 15 is 0 Å². The van der Waals surface area contributed by atoms with Crippen molar-refractivity contribution in [1.29, 1.82) is 0 Å². The number of ketones is 1. The Bertz CT molecular complexity index is 1000. The first kappa shape index (κ1) is 22.2. The summed E-state index contributed by atoms with van der Waals surface area (Å²) in [4.78, 5) is 25.7. The number of carbonyl (C=O) groups is 2. The first-order valence-electron chi connectivity index (χ1n) is 10.1.